The molecule has 5 rings (SSSR count). The van der Waals surface area contributed by atoms with E-state index < -0.39 is 56.8 Å². The van der Waals surface area contributed by atoms with Gasteiger partial charge in [-0.1, -0.05) is 91.0 Å². The van der Waals surface area contributed by atoms with E-state index in [0.29, 0.717) is 5.56 Å². The highest BCUT2D eigenvalue weighted by Gasteiger charge is 2.72. The van der Waals surface area contributed by atoms with Crippen LogP contribution < -0.4 is 0 Å². The zero-order valence-corrected chi connectivity index (χ0v) is 28.2. The zero-order chi connectivity index (χ0) is 34.3. The molecule has 2 aromatic rings. The van der Waals surface area contributed by atoms with Crippen LogP contribution in [-0.2, 0) is 27.2 Å². The number of phenols is 1. The lowest BCUT2D eigenvalue weighted by Crippen LogP contribution is -2.69. The number of aromatic hydroxyl groups is 1. The maximum Gasteiger partial charge on any atom is 0.203 e. The first-order chi connectivity index (χ1) is 21.2. The fourth-order valence-electron chi connectivity index (χ4n) is 8.89. The van der Waals surface area contributed by atoms with Crippen molar-refractivity contribution in [2.24, 2.45) is 28.1 Å². The predicted molar refractivity (Wildman–Crippen MR) is 178 cm³/mol. The first-order valence-corrected chi connectivity index (χ1v) is 16.0. The Kier molecular flexibility index (Phi) is 7.84. The number of aliphatic hydroxyl groups is 3. The molecule has 244 valence electrons. The molecular formula is C39H46O7. The molecule has 4 N–H and O–H groups in total. The largest absolute Gasteiger partial charge is 0.508 e. The molecule has 0 spiro atoms. The van der Waals surface area contributed by atoms with Gasteiger partial charge in [-0.25, -0.2) is 0 Å². The van der Waals surface area contributed by atoms with Gasteiger partial charge in [0.1, 0.15) is 22.8 Å². The number of carbonyl (C=O) groups is 3. The number of ketones is 3. The Morgan fingerprint density at radius 1 is 1.02 bits per heavy atom. The molecule has 7 heteroatoms. The number of rotatable bonds is 6. The number of hydrogen-bond donors (Lipinski definition) is 4. The van der Waals surface area contributed by atoms with Crippen LogP contribution in [0, 0.1) is 28.1 Å². The number of carbonyl (C=O) groups excluding carboxylic acids is 3. The molecule has 7 nitrogen and oxygen atoms in total. The Morgan fingerprint density at radius 3 is 2.17 bits per heavy atom. The molecule has 0 bridgehead atoms. The molecule has 1 saturated carbocycles. The fourth-order valence-corrected chi connectivity index (χ4v) is 8.89. The molecule has 0 heterocycles. The van der Waals surface area contributed by atoms with Gasteiger partial charge in [0.25, 0.3) is 0 Å². The van der Waals surface area contributed by atoms with Gasteiger partial charge in [0, 0.05) is 22.3 Å². The molecule has 0 aliphatic heterocycles. The van der Waals surface area contributed by atoms with Gasteiger partial charge in [-0.2, -0.15) is 0 Å². The third kappa shape index (κ3) is 4.86. The molecule has 1 fully saturated rings. The molecular weight excluding hydrogens is 580 g/mol. The monoisotopic (exact) mass is 626 g/mol. The molecule has 0 aromatic heterocycles. The second kappa shape index (κ2) is 10.8. The third-order valence-electron chi connectivity index (χ3n) is 10.4. The van der Waals surface area contributed by atoms with Gasteiger partial charge in [-0.3, -0.25) is 14.4 Å². The lowest BCUT2D eigenvalue weighted by Gasteiger charge is -2.59. The zero-order valence-electron chi connectivity index (χ0n) is 28.2. The normalized spacial score (nSPS) is 27.8. The van der Waals surface area contributed by atoms with Gasteiger partial charge in [-0.05, 0) is 72.3 Å². The number of aliphatic hydroxyl groups excluding tert-OH is 2. The minimum Gasteiger partial charge on any atom is -0.508 e. The standard InChI is InChI=1S/C39H46O7/c1-20(2)30-32(42)28(22(4)40)34(44)39(46)35(45)31-33(43)29-26(18-37(31,8)19-38(30,39)9)25(14-15-27(29)41)24-12-10-23(11-13-24)16-21(3)17-36(5,6)7/h10-15,20,30,41,43-44,46H,3,16-19H2,1-2,4-9H3/t30?,37-,38-,39+/m1/s1. The first-order valence-electron chi connectivity index (χ1n) is 16.0. The van der Waals surface area contributed by atoms with Crippen LogP contribution in [0.25, 0.3) is 16.9 Å². The third-order valence-corrected chi connectivity index (χ3v) is 10.4. The second-order valence-electron chi connectivity index (χ2n) is 15.8. The number of hydrogen-bond acceptors (Lipinski definition) is 7. The van der Waals surface area contributed by atoms with Crippen LogP contribution in [0.2, 0.25) is 0 Å². The highest BCUT2D eigenvalue weighted by molar-refractivity contribution is 6.24. The summed E-state index contributed by atoms with van der Waals surface area (Å²) in [6.45, 7) is 18.9. The number of Topliss-reactive ketones (excluding diaryl/α,β-unsaturated/α-hetero) is 3. The number of phenolic OH excluding ortho intramolecular Hbond substituents is 1. The summed E-state index contributed by atoms with van der Waals surface area (Å²) in [6, 6.07) is 11.3. The summed E-state index contributed by atoms with van der Waals surface area (Å²) in [4.78, 5) is 40.8. The first kappa shape index (κ1) is 33.4. The van der Waals surface area contributed by atoms with E-state index in [0.717, 1.165) is 42.0 Å². The number of fused-ring (bicyclic) bond motifs is 3. The summed E-state index contributed by atoms with van der Waals surface area (Å²) < 4.78 is 0. The predicted octanol–water partition coefficient (Wildman–Crippen LogP) is 7.39. The van der Waals surface area contributed by atoms with Crippen LogP contribution in [0.5, 0.6) is 5.75 Å². The van der Waals surface area contributed by atoms with Crippen molar-refractivity contribution in [3.05, 3.63) is 82.1 Å². The highest BCUT2D eigenvalue weighted by atomic mass is 16.3. The van der Waals surface area contributed by atoms with Crippen molar-refractivity contribution in [1.82, 2.24) is 0 Å². The van der Waals surface area contributed by atoms with Gasteiger partial charge < -0.3 is 20.4 Å². The van der Waals surface area contributed by atoms with Gasteiger partial charge in [0.2, 0.25) is 5.78 Å². The molecule has 0 radical (unpaired) electrons. The summed E-state index contributed by atoms with van der Waals surface area (Å²) in [6.07, 6.45) is 1.93. The SMILES string of the molecule is C=C(Cc1ccc(-c2ccc(O)c3c2C[C@]2(C)C[C@]4(C)C(C(C)C)C(=O)C(C(C)=O)=C(O)[C@]4(O)C(=O)C2=C3O)cc1)CC(C)(C)C. The molecule has 0 saturated heterocycles. The molecule has 0 amide bonds. The van der Waals surface area contributed by atoms with Gasteiger partial charge in [0.05, 0.1) is 5.56 Å². The molecule has 1 unspecified atom stereocenters. The van der Waals surface area contributed by atoms with Crippen molar-refractivity contribution >= 4 is 23.1 Å². The van der Waals surface area contributed by atoms with Gasteiger partial charge in [-0.15, -0.1) is 0 Å². The van der Waals surface area contributed by atoms with Crippen molar-refractivity contribution < 1.29 is 34.8 Å². The molecule has 4 atom stereocenters. The van der Waals surface area contributed by atoms with Gasteiger partial charge in [0.15, 0.2) is 17.2 Å². The summed E-state index contributed by atoms with van der Waals surface area (Å²) in [7, 11) is 0. The number of allylic oxidation sites excluding steroid dienone is 2. The summed E-state index contributed by atoms with van der Waals surface area (Å²) in [5.74, 6) is -5.32. The average Bonchev–Trinajstić information content (AvgIpc) is 2.90. The molecule has 2 aromatic carbocycles. The van der Waals surface area contributed by atoms with E-state index in [-0.39, 0.29) is 41.1 Å². The van der Waals surface area contributed by atoms with E-state index in [4.69, 9.17) is 0 Å². The highest BCUT2D eigenvalue weighted by Crippen LogP contribution is 2.65. The average molecular weight is 627 g/mol. The summed E-state index contributed by atoms with van der Waals surface area (Å²) in [5, 5.41) is 46.4. The summed E-state index contributed by atoms with van der Waals surface area (Å²) >= 11 is 0. The smallest absolute Gasteiger partial charge is 0.203 e. The fraction of sp³-hybridized carbons (Fsp3) is 0.462. The van der Waals surface area contributed by atoms with Crippen LogP contribution in [0.15, 0.2) is 65.5 Å². The Balaban J connectivity index is 1.66. The molecule has 46 heavy (non-hydrogen) atoms. The molecule has 3 aliphatic carbocycles. The minimum absolute atomic E-state index is 0.0504. The quantitative estimate of drug-likeness (QED) is 0.194. The molecule has 3 aliphatic rings. The Labute approximate surface area is 271 Å². The van der Waals surface area contributed by atoms with Gasteiger partial charge >= 0.3 is 0 Å². The second-order valence-corrected chi connectivity index (χ2v) is 15.8. The van der Waals surface area contributed by atoms with Crippen molar-refractivity contribution in [2.45, 2.75) is 86.7 Å². The Morgan fingerprint density at radius 2 is 1.63 bits per heavy atom. The maximum absolute atomic E-state index is 14.5. The Hall–Kier alpha value is -3.97. The Bertz CT molecular complexity index is 1750. The topological polar surface area (TPSA) is 132 Å². The van der Waals surface area contributed by atoms with E-state index in [1.807, 2.05) is 31.2 Å². The van der Waals surface area contributed by atoms with E-state index >= 15 is 0 Å². The van der Waals surface area contributed by atoms with Crippen LogP contribution in [0.3, 0.4) is 0 Å². The van der Waals surface area contributed by atoms with Crippen LogP contribution in [0.4, 0.5) is 0 Å². The van der Waals surface area contributed by atoms with Crippen molar-refractivity contribution in [3.63, 3.8) is 0 Å². The maximum atomic E-state index is 14.5. The van der Waals surface area contributed by atoms with Crippen molar-refractivity contribution in [2.75, 3.05) is 0 Å². The van der Waals surface area contributed by atoms with Crippen LogP contribution in [0.1, 0.15) is 84.9 Å². The van der Waals surface area contributed by atoms with E-state index in [9.17, 15) is 34.8 Å². The van der Waals surface area contributed by atoms with E-state index in [1.165, 1.54) is 6.07 Å². The van der Waals surface area contributed by atoms with Crippen LogP contribution >= 0.6 is 0 Å². The minimum atomic E-state index is -2.63. The lowest BCUT2D eigenvalue weighted by atomic mass is 9.43. The lowest BCUT2D eigenvalue weighted by molar-refractivity contribution is -0.178. The summed E-state index contributed by atoms with van der Waals surface area (Å²) in [5.41, 5.74) is -1.13. The van der Waals surface area contributed by atoms with E-state index in [2.05, 4.69) is 27.4 Å². The number of benzene rings is 2. The van der Waals surface area contributed by atoms with E-state index in [1.54, 1.807) is 26.8 Å². The van der Waals surface area contributed by atoms with Crippen molar-refractivity contribution in [1.29, 1.82) is 0 Å². The van der Waals surface area contributed by atoms with Crippen LogP contribution in [-0.4, -0.2) is 43.4 Å². The van der Waals surface area contributed by atoms with Crippen molar-refractivity contribution in [3.8, 4) is 16.9 Å².